The molecule has 0 heterocycles. The number of hydrogen-bond donors (Lipinski definition) is 2. The molecule has 0 aromatic heterocycles. The minimum Gasteiger partial charge on any atom is -0.383 e. The second-order valence-corrected chi connectivity index (χ2v) is 5.48. The summed E-state index contributed by atoms with van der Waals surface area (Å²) in [4.78, 5) is 23.8. The quantitative estimate of drug-likeness (QED) is 0.663. The molecule has 1 saturated carbocycles. The Kier molecular flexibility index (Phi) is 8.26. The van der Waals surface area contributed by atoms with Crippen molar-refractivity contribution < 1.29 is 14.3 Å². The van der Waals surface area contributed by atoms with Crippen LogP contribution in [0, 0.1) is 11.8 Å². The summed E-state index contributed by atoms with van der Waals surface area (Å²) < 4.78 is 4.91. The Labute approximate surface area is 121 Å². The maximum absolute atomic E-state index is 11.9. The van der Waals surface area contributed by atoms with Crippen molar-refractivity contribution in [2.75, 3.05) is 26.8 Å². The van der Waals surface area contributed by atoms with Crippen LogP contribution in [0.3, 0.4) is 0 Å². The normalized spacial score (nSPS) is 22.3. The third-order valence-corrected chi connectivity index (χ3v) is 3.90. The average molecular weight is 284 g/mol. The standard InChI is InChI=1S/C15H28N2O3/c1-3-4-9-16-14(18)12-5-7-13(8-6-12)15(19)17-10-11-20-2/h12-13H,3-11H2,1-2H3,(H,16,18)(H,17,19). The van der Waals surface area contributed by atoms with E-state index >= 15 is 0 Å². The summed E-state index contributed by atoms with van der Waals surface area (Å²) in [6.07, 6.45) is 5.38. The van der Waals surface area contributed by atoms with Crippen molar-refractivity contribution in [3.63, 3.8) is 0 Å². The van der Waals surface area contributed by atoms with E-state index in [0.717, 1.165) is 45.1 Å². The number of unbranched alkanes of at least 4 members (excludes halogenated alkanes) is 1. The predicted octanol–water partition coefficient (Wildman–Crippen LogP) is 1.47. The molecule has 0 radical (unpaired) electrons. The highest BCUT2D eigenvalue weighted by atomic mass is 16.5. The Morgan fingerprint density at radius 2 is 1.50 bits per heavy atom. The molecule has 116 valence electrons. The monoisotopic (exact) mass is 284 g/mol. The number of hydrogen-bond acceptors (Lipinski definition) is 3. The molecule has 0 saturated heterocycles. The van der Waals surface area contributed by atoms with Gasteiger partial charge in [0.15, 0.2) is 0 Å². The van der Waals surface area contributed by atoms with Crippen LogP contribution < -0.4 is 10.6 Å². The van der Waals surface area contributed by atoms with Crippen LogP contribution in [0.1, 0.15) is 45.4 Å². The zero-order valence-corrected chi connectivity index (χ0v) is 12.7. The zero-order chi connectivity index (χ0) is 14.8. The molecule has 0 bridgehead atoms. The van der Waals surface area contributed by atoms with Gasteiger partial charge < -0.3 is 15.4 Å². The van der Waals surface area contributed by atoms with Crippen LogP contribution in [-0.2, 0) is 14.3 Å². The molecule has 1 rings (SSSR count). The van der Waals surface area contributed by atoms with E-state index in [-0.39, 0.29) is 23.7 Å². The molecule has 2 amide bonds. The number of ether oxygens (including phenoxy) is 1. The van der Waals surface area contributed by atoms with Crippen LogP contribution in [0.15, 0.2) is 0 Å². The minimum atomic E-state index is 0.0616. The average Bonchev–Trinajstić information content (AvgIpc) is 2.47. The van der Waals surface area contributed by atoms with E-state index in [1.807, 2.05) is 0 Å². The number of rotatable bonds is 8. The van der Waals surface area contributed by atoms with Gasteiger partial charge in [-0.25, -0.2) is 0 Å². The largest absolute Gasteiger partial charge is 0.383 e. The van der Waals surface area contributed by atoms with Gasteiger partial charge in [-0.2, -0.15) is 0 Å². The first-order valence-corrected chi connectivity index (χ1v) is 7.73. The van der Waals surface area contributed by atoms with Crippen molar-refractivity contribution in [2.45, 2.75) is 45.4 Å². The van der Waals surface area contributed by atoms with Gasteiger partial charge in [0.25, 0.3) is 0 Å². The number of nitrogens with one attached hydrogen (secondary N) is 2. The van der Waals surface area contributed by atoms with Gasteiger partial charge in [0.05, 0.1) is 6.61 Å². The molecule has 1 aliphatic carbocycles. The first-order chi connectivity index (χ1) is 9.69. The predicted molar refractivity (Wildman–Crippen MR) is 78.3 cm³/mol. The molecule has 5 heteroatoms. The summed E-state index contributed by atoms with van der Waals surface area (Å²) in [5, 5.41) is 5.86. The Bertz CT molecular complexity index is 269. The summed E-state index contributed by atoms with van der Waals surface area (Å²) in [5.41, 5.74) is 0. The number of carbonyl (C=O) groups is 2. The highest BCUT2D eigenvalue weighted by molar-refractivity contribution is 5.81. The van der Waals surface area contributed by atoms with Gasteiger partial charge in [-0.1, -0.05) is 13.3 Å². The van der Waals surface area contributed by atoms with E-state index in [0.29, 0.717) is 13.2 Å². The highest BCUT2D eigenvalue weighted by Gasteiger charge is 2.29. The molecule has 2 N–H and O–H groups in total. The number of carbonyl (C=O) groups excluding carboxylic acids is 2. The molecule has 20 heavy (non-hydrogen) atoms. The fourth-order valence-corrected chi connectivity index (χ4v) is 2.57. The van der Waals surface area contributed by atoms with E-state index in [1.165, 1.54) is 0 Å². The lowest BCUT2D eigenvalue weighted by atomic mass is 9.81. The fourth-order valence-electron chi connectivity index (χ4n) is 2.57. The van der Waals surface area contributed by atoms with Gasteiger partial charge in [0.2, 0.25) is 11.8 Å². The first kappa shape index (κ1) is 17.0. The van der Waals surface area contributed by atoms with E-state index < -0.39 is 0 Å². The Morgan fingerprint density at radius 1 is 1.00 bits per heavy atom. The number of methoxy groups -OCH3 is 1. The smallest absolute Gasteiger partial charge is 0.223 e. The van der Waals surface area contributed by atoms with Gasteiger partial charge in [-0.05, 0) is 32.1 Å². The van der Waals surface area contributed by atoms with Gasteiger partial charge in [-0.3, -0.25) is 9.59 Å². The minimum absolute atomic E-state index is 0.0616. The summed E-state index contributed by atoms with van der Waals surface area (Å²) in [6, 6.07) is 0. The van der Waals surface area contributed by atoms with E-state index in [4.69, 9.17) is 4.74 Å². The Morgan fingerprint density at radius 3 is 1.95 bits per heavy atom. The Balaban J connectivity index is 2.21. The lowest BCUT2D eigenvalue weighted by molar-refractivity contribution is -0.130. The van der Waals surface area contributed by atoms with Crippen LogP contribution >= 0.6 is 0 Å². The topological polar surface area (TPSA) is 67.4 Å². The van der Waals surface area contributed by atoms with Crippen LogP contribution in [0.4, 0.5) is 0 Å². The van der Waals surface area contributed by atoms with Gasteiger partial charge in [0, 0.05) is 32.0 Å². The molecule has 0 spiro atoms. The molecule has 0 unspecified atom stereocenters. The van der Waals surface area contributed by atoms with Gasteiger partial charge >= 0.3 is 0 Å². The van der Waals surface area contributed by atoms with E-state index in [9.17, 15) is 9.59 Å². The lowest BCUT2D eigenvalue weighted by Gasteiger charge is -2.27. The third-order valence-electron chi connectivity index (χ3n) is 3.90. The summed E-state index contributed by atoms with van der Waals surface area (Å²) in [6.45, 7) is 3.99. The second kappa shape index (κ2) is 9.75. The summed E-state index contributed by atoms with van der Waals surface area (Å²) in [7, 11) is 1.62. The third kappa shape index (κ3) is 5.90. The maximum atomic E-state index is 11.9. The zero-order valence-electron chi connectivity index (χ0n) is 12.7. The lowest BCUT2D eigenvalue weighted by Crippen LogP contribution is -2.38. The molecule has 0 aromatic rings. The van der Waals surface area contributed by atoms with Crippen molar-refractivity contribution in [3.8, 4) is 0 Å². The number of amides is 2. The van der Waals surface area contributed by atoms with Crippen LogP contribution in [0.2, 0.25) is 0 Å². The van der Waals surface area contributed by atoms with Crippen molar-refractivity contribution in [1.82, 2.24) is 10.6 Å². The van der Waals surface area contributed by atoms with Crippen molar-refractivity contribution >= 4 is 11.8 Å². The molecule has 5 nitrogen and oxygen atoms in total. The molecule has 0 aliphatic heterocycles. The van der Waals surface area contributed by atoms with Crippen molar-refractivity contribution in [3.05, 3.63) is 0 Å². The van der Waals surface area contributed by atoms with Gasteiger partial charge in [0.1, 0.15) is 0 Å². The SMILES string of the molecule is CCCCNC(=O)C1CCC(C(=O)NCCOC)CC1. The summed E-state index contributed by atoms with van der Waals surface area (Å²) >= 11 is 0. The van der Waals surface area contributed by atoms with E-state index in [2.05, 4.69) is 17.6 Å². The first-order valence-electron chi connectivity index (χ1n) is 7.73. The van der Waals surface area contributed by atoms with Crippen LogP contribution in [-0.4, -0.2) is 38.6 Å². The molecule has 1 aliphatic rings. The fraction of sp³-hybridized carbons (Fsp3) is 0.867. The molecular formula is C15H28N2O3. The second-order valence-electron chi connectivity index (χ2n) is 5.48. The van der Waals surface area contributed by atoms with Gasteiger partial charge in [-0.15, -0.1) is 0 Å². The molecule has 0 aromatic carbocycles. The summed E-state index contributed by atoms with van der Waals surface area (Å²) in [5.74, 6) is 0.421. The van der Waals surface area contributed by atoms with Crippen LogP contribution in [0.25, 0.3) is 0 Å². The van der Waals surface area contributed by atoms with Crippen molar-refractivity contribution in [1.29, 1.82) is 0 Å². The van der Waals surface area contributed by atoms with Crippen molar-refractivity contribution in [2.24, 2.45) is 11.8 Å². The highest BCUT2D eigenvalue weighted by Crippen LogP contribution is 2.29. The maximum Gasteiger partial charge on any atom is 0.223 e. The molecular weight excluding hydrogens is 256 g/mol. The Hall–Kier alpha value is -1.10. The van der Waals surface area contributed by atoms with Crippen LogP contribution in [0.5, 0.6) is 0 Å². The van der Waals surface area contributed by atoms with E-state index in [1.54, 1.807) is 7.11 Å². The molecule has 1 fully saturated rings. The molecule has 0 atom stereocenters.